The molecular formula is C17H20BrNO2. The summed E-state index contributed by atoms with van der Waals surface area (Å²) in [4.78, 5) is 13.9. The quantitative estimate of drug-likeness (QED) is 0.557. The molecule has 0 radical (unpaired) electrons. The van der Waals surface area contributed by atoms with E-state index in [0.717, 1.165) is 23.9 Å². The summed E-state index contributed by atoms with van der Waals surface area (Å²) in [5.74, 6) is 0. The summed E-state index contributed by atoms with van der Waals surface area (Å²) in [6.45, 7) is 2.19. The number of halogens is 1. The fourth-order valence-electron chi connectivity index (χ4n) is 3.18. The van der Waals surface area contributed by atoms with E-state index in [0.29, 0.717) is 0 Å². The molecule has 0 spiro atoms. The third-order valence-electron chi connectivity index (χ3n) is 4.22. The Morgan fingerprint density at radius 1 is 1.43 bits per heavy atom. The van der Waals surface area contributed by atoms with Crippen molar-refractivity contribution >= 4 is 22.0 Å². The van der Waals surface area contributed by atoms with Gasteiger partial charge < -0.3 is 4.74 Å². The Kier molecular flexibility index (Phi) is 4.34. The molecule has 1 aromatic rings. The minimum Gasteiger partial charge on any atom is -0.443 e. The van der Waals surface area contributed by atoms with Gasteiger partial charge in [0, 0.05) is 6.42 Å². The van der Waals surface area contributed by atoms with Crippen molar-refractivity contribution in [2.45, 2.75) is 51.2 Å². The van der Waals surface area contributed by atoms with Crippen LogP contribution in [-0.2, 0) is 11.2 Å². The summed E-state index contributed by atoms with van der Waals surface area (Å²) < 4.78 is 6.39. The van der Waals surface area contributed by atoms with Crippen LogP contribution in [0.4, 0.5) is 4.79 Å². The SMILES string of the molecule is CCCCC/C=C(/Br)N1C(=O)O[C@@H]2Cc3ccccc3[C@@H]21. The molecule has 0 unspecified atom stereocenters. The monoisotopic (exact) mass is 349 g/mol. The molecule has 112 valence electrons. The topological polar surface area (TPSA) is 29.5 Å². The van der Waals surface area contributed by atoms with Crippen molar-refractivity contribution in [1.82, 2.24) is 4.90 Å². The fourth-order valence-corrected chi connectivity index (χ4v) is 3.78. The minimum atomic E-state index is -0.238. The van der Waals surface area contributed by atoms with Crippen LogP contribution >= 0.6 is 15.9 Å². The summed E-state index contributed by atoms with van der Waals surface area (Å²) >= 11 is 3.57. The molecule has 1 fully saturated rings. The Labute approximate surface area is 134 Å². The smallest absolute Gasteiger partial charge is 0.415 e. The van der Waals surface area contributed by atoms with Gasteiger partial charge in [-0.25, -0.2) is 4.79 Å². The zero-order valence-electron chi connectivity index (χ0n) is 12.2. The number of ether oxygens (including phenoxy) is 1. The van der Waals surface area contributed by atoms with Crippen LogP contribution in [0.15, 0.2) is 34.9 Å². The molecule has 1 amide bonds. The first-order valence-corrected chi connectivity index (χ1v) is 8.45. The van der Waals surface area contributed by atoms with Gasteiger partial charge in [0.2, 0.25) is 0 Å². The summed E-state index contributed by atoms with van der Waals surface area (Å²) in [5, 5.41) is 0. The van der Waals surface area contributed by atoms with Crippen molar-refractivity contribution < 1.29 is 9.53 Å². The fraction of sp³-hybridized carbons (Fsp3) is 0.471. The van der Waals surface area contributed by atoms with E-state index in [1.807, 2.05) is 12.1 Å². The van der Waals surface area contributed by atoms with Gasteiger partial charge in [0.1, 0.15) is 12.1 Å². The highest BCUT2D eigenvalue weighted by molar-refractivity contribution is 9.11. The van der Waals surface area contributed by atoms with Gasteiger partial charge in [-0.05, 0) is 39.9 Å². The van der Waals surface area contributed by atoms with Crippen LogP contribution in [0.3, 0.4) is 0 Å². The van der Waals surface area contributed by atoms with E-state index in [9.17, 15) is 4.79 Å². The molecule has 0 N–H and O–H groups in total. The first kappa shape index (κ1) is 14.6. The number of carbonyl (C=O) groups excluding carboxylic acids is 1. The van der Waals surface area contributed by atoms with Gasteiger partial charge in [0.15, 0.2) is 0 Å². The number of amides is 1. The second-order valence-corrected chi connectivity index (χ2v) is 6.48. The lowest BCUT2D eigenvalue weighted by atomic mass is 10.1. The number of benzene rings is 1. The van der Waals surface area contributed by atoms with Crippen molar-refractivity contribution in [3.63, 3.8) is 0 Å². The van der Waals surface area contributed by atoms with Crippen molar-refractivity contribution in [2.75, 3.05) is 0 Å². The molecule has 1 aliphatic carbocycles. The highest BCUT2D eigenvalue weighted by Gasteiger charge is 2.48. The number of fused-ring (bicyclic) bond motifs is 3. The summed E-state index contributed by atoms with van der Waals surface area (Å²) in [7, 11) is 0. The lowest BCUT2D eigenvalue weighted by molar-refractivity contribution is 0.134. The first-order chi connectivity index (χ1) is 10.2. The maximum atomic E-state index is 12.2. The van der Waals surface area contributed by atoms with Crippen LogP contribution in [-0.4, -0.2) is 17.1 Å². The first-order valence-electron chi connectivity index (χ1n) is 7.65. The van der Waals surface area contributed by atoms with Gasteiger partial charge in [0.25, 0.3) is 0 Å². The molecule has 1 aliphatic heterocycles. The Bertz CT molecular complexity index is 570. The molecule has 0 aromatic heterocycles. The molecular weight excluding hydrogens is 330 g/mol. The molecule has 1 heterocycles. The summed E-state index contributed by atoms with van der Waals surface area (Å²) in [6, 6.07) is 8.32. The lowest BCUT2D eigenvalue weighted by Gasteiger charge is -2.21. The number of nitrogens with zero attached hydrogens (tertiary/aromatic N) is 1. The van der Waals surface area contributed by atoms with Crippen molar-refractivity contribution in [3.8, 4) is 0 Å². The maximum absolute atomic E-state index is 12.2. The Morgan fingerprint density at radius 2 is 2.24 bits per heavy atom. The normalized spacial score (nSPS) is 24.0. The minimum absolute atomic E-state index is 0.0190. The van der Waals surface area contributed by atoms with E-state index in [2.05, 4.69) is 41.1 Å². The molecule has 21 heavy (non-hydrogen) atoms. The molecule has 3 rings (SSSR count). The van der Waals surface area contributed by atoms with E-state index >= 15 is 0 Å². The van der Waals surface area contributed by atoms with Crippen molar-refractivity contribution in [2.24, 2.45) is 0 Å². The number of hydrogen-bond acceptors (Lipinski definition) is 2. The molecule has 2 atom stereocenters. The number of carbonyl (C=O) groups is 1. The highest BCUT2D eigenvalue weighted by atomic mass is 79.9. The Balaban J connectivity index is 1.80. The van der Waals surface area contributed by atoms with Crippen molar-refractivity contribution in [1.29, 1.82) is 0 Å². The predicted molar refractivity (Wildman–Crippen MR) is 86.1 cm³/mol. The average molecular weight is 350 g/mol. The third-order valence-corrected chi connectivity index (χ3v) is 4.93. The van der Waals surface area contributed by atoms with Gasteiger partial charge in [-0.2, -0.15) is 0 Å². The van der Waals surface area contributed by atoms with E-state index < -0.39 is 0 Å². The molecule has 1 saturated heterocycles. The molecule has 2 aliphatic rings. The van der Waals surface area contributed by atoms with Crippen LogP contribution < -0.4 is 0 Å². The highest BCUT2D eigenvalue weighted by Crippen LogP contribution is 2.45. The average Bonchev–Trinajstić information content (AvgIpc) is 2.97. The van der Waals surface area contributed by atoms with Gasteiger partial charge in [-0.15, -0.1) is 0 Å². The lowest BCUT2D eigenvalue weighted by Crippen LogP contribution is -2.25. The molecule has 1 aromatic carbocycles. The molecule has 0 bridgehead atoms. The number of rotatable bonds is 5. The molecule has 3 nitrogen and oxygen atoms in total. The van der Waals surface area contributed by atoms with Crippen LogP contribution in [0.2, 0.25) is 0 Å². The van der Waals surface area contributed by atoms with Crippen molar-refractivity contribution in [3.05, 3.63) is 46.1 Å². The van der Waals surface area contributed by atoms with Crippen LogP contribution in [0.1, 0.15) is 49.8 Å². The van der Waals surface area contributed by atoms with E-state index in [4.69, 9.17) is 4.74 Å². The largest absolute Gasteiger partial charge is 0.443 e. The van der Waals surface area contributed by atoms with E-state index in [1.165, 1.54) is 24.0 Å². The summed E-state index contributed by atoms with van der Waals surface area (Å²) in [5.41, 5.74) is 2.50. The van der Waals surface area contributed by atoms with Gasteiger partial charge in [-0.3, -0.25) is 4.90 Å². The second-order valence-electron chi connectivity index (χ2n) is 5.66. The zero-order chi connectivity index (χ0) is 14.8. The maximum Gasteiger partial charge on any atom is 0.415 e. The zero-order valence-corrected chi connectivity index (χ0v) is 13.8. The van der Waals surface area contributed by atoms with Crippen LogP contribution in [0, 0.1) is 0 Å². The number of unbranched alkanes of at least 4 members (excludes halogenated alkanes) is 3. The predicted octanol–water partition coefficient (Wildman–Crippen LogP) is 4.92. The van der Waals surface area contributed by atoms with Crippen LogP contribution in [0.5, 0.6) is 0 Å². The second kappa shape index (κ2) is 6.22. The third kappa shape index (κ3) is 2.73. The van der Waals surface area contributed by atoms with Gasteiger partial charge >= 0.3 is 6.09 Å². The Morgan fingerprint density at radius 3 is 3.05 bits per heavy atom. The Hall–Kier alpha value is -1.29. The standard InChI is InChI=1S/C17H20BrNO2/c1-2-3-4-5-10-15(18)19-16-13-9-7-6-8-12(13)11-14(16)21-17(19)20/h6-10,14,16H,2-5,11H2,1H3/b15-10-/t14-,16+/m1/s1. The number of allylic oxidation sites excluding steroid dienone is 1. The van der Waals surface area contributed by atoms with E-state index in [1.54, 1.807) is 4.90 Å². The van der Waals surface area contributed by atoms with Crippen LogP contribution in [0.25, 0.3) is 0 Å². The van der Waals surface area contributed by atoms with Gasteiger partial charge in [0.05, 0.1) is 4.61 Å². The van der Waals surface area contributed by atoms with E-state index in [-0.39, 0.29) is 18.2 Å². The number of hydrogen-bond donors (Lipinski definition) is 0. The molecule has 4 heteroatoms. The molecule has 0 saturated carbocycles. The summed E-state index contributed by atoms with van der Waals surface area (Å²) in [6.07, 6.45) is 7.19. The van der Waals surface area contributed by atoms with Gasteiger partial charge in [-0.1, -0.05) is 50.1 Å².